The minimum atomic E-state index is -0.204. The van der Waals surface area contributed by atoms with Crippen molar-refractivity contribution in [2.24, 2.45) is 0 Å². The van der Waals surface area contributed by atoms with Crippen LogP contribution in [0.5, 0.6) is 0 Å². The first-order valence-corrected chi connectivity index (χ1v) is 9.84. The van der Waals surface area contributed by atoms with Crippen molar-refractivity contribution >= 4 is 44.3 Å². The summed E-state index contributed by atoms with van der Waals surface area (Å²) < 4.78 is 1.67. The molecule has 0 atom stereocenters. The molecule has 0 bridgehead atoms. The Morgan fingerprint density at radius 1 is 1.42 bits per heavy atom. The first-order chi connectivity index (χ1) is 12.6. The summed E-state index contributed by atoms with van der Waals surface area (Å²) in [6.45, 7) is 4.34. The fraction of sp³-hybridized carbons (Fsp3) is 0.412. The number of nitrogens with zero attached hydrogens (tertiary/aromatic N) is 5. The van der Waals surface area contributed by atoms with Crippen LogP contribution in [0, 0.1) is 0 Å². The number of pyridine rings is 1. The molecule has 1 saturated heterocycles. The molecule has 26 heavy (non-hydrogen) atoms. The molecule has 3 aromatic rings. The van der Waals surface area contributed by atoms with Crippen molar-refractivity contribution in [3.63, 3.8) is 0 Å². The van der Waals surface area contributed by atoms with Crippen LogP contribution in [0.3, 0.4) is 0 Å². The molecule has 0 radical (unpaired) electrons. The van der Waals surface area contributed by atoms with Gasteiger partial charge in [-0.3, -0.25) is 9.48 Å². The Labute approximate surface area is 160 Å². The molecule has 7 nitrogen and oxygen atoms in total. The zero-order chi connectivity index (χ0) is 18.1. The molecule has 0 unspecified atom stereocenters. The summed E-state index contributed by atoms with van der Waals surface area (Å²) in [5.74, 6) is -0.204. The van der Waals surface area contributed by atoms with Crippen LogP contribution in [-0.2, 0) is 6.54 Å². The molecule has 0 saturated carbocycles. The van der Waals surface area contributed by atoms with E-state index in [2.05, 4.69) is 25.3 Å². The van der Waals surface area contributed by atoms with E-state index in [1.807, 2.05) is 19.1 Å². The van der Waals surface area contributed by atoms with E-state index in [0.29, 0.717) is 17.3 Å². The monoisotopic (exact) mass is 390 g/mol. The zero-order valence-corrected chi connectivity index (χ0v) is 15.9. The van der Waals surface area contributed by atoms with Gasteiger partial charge in [-0.2, -0.15) is 5.10 Å². The van der Waals surface area contributed by atoms with Crippen LogP contribution in [0.2, 0.25) is 5.02 Å². The quantitative estimate of drug-likeness (QED) is 0.741. The second-order valence-corrected chi connectivity index (χ2v) is 7.60. The van der Waals surface area contributed by atoms with Crippen molar-refractivity contribution in [2.75, 3.05) is 18.0 Å². The van der Waals surface area contributed by atoms with Crippen LogP contribution >= 0.6 is 22.9 Å². The van der Waals surface area contributed by atoms with E-state index in [1.54, 1.807) is 28.4 Å². The van der Waals surface area contributed by atoms with E-state index >= 15 is 0 Å². The number of piperidine rings is 1. The van der Waals surface area contributed by atoms with Crippen molar-refractivity contribution in [3.05, 3.63) is 35.2 Å². The number of anilines is 1. The predicted molar refractivity (Wildman–Crippen MR) is 103 cm³/mol. The largest absolute Gasteiger partial charge is 0.348 e. The average molecular weight is 391 g/mol. The fourth-order valence-electron chi connectivity index (χ4n) is 3.08. The van der Waals surface area contributed by atoms with Gasteiger partial charge in [-0.05, 0) is 31.9 Å². The Bertz CT molecular complexity index is 897. The van der Waals surface area contributed by atoms with Crippen LogP contribution in [0.1, 0.15) is 30.3 Å². The molecule has 4 rings (SSSR count). The second kappa shape index (κ2) is 7.20. The van der Waals surface area contributed by atoms with Gasteiger partial charge in [0.1, 0.15) is 10.3 Å². The molecular weight excluding hydrogens is 372 g/mol. The van der Waals surface area contributed by atoms with Gasteiger partial charge in [0.25, 0.3) is 5.91 Å². The molecule has 1 amide bonds. The lowest BCUT2D eigenvalue weighted by Gasteiger charge is -2.31. The standard InChI is InChI=1S/C17H19ClN6OS/c1-2-24-10-12(18)14(22-24)15(25)20-11-5-8-23(9-6-11)17-21-13-4-3-7-19-16(13)26-17/h3-4,7,10-11H,2,5-6,8-9H2,1H3,(H,20,25). The predicted octanol–water partition coefficient (Wildman–Crippen LogP) is 2.96. The van der Waals surface area contributed by atoms with Crippen molar-refractivity contribution in [1.29, 1.82) is 0 Å². The highest BCUT2D eigenvalue weighted by Crippen LogP contribution is 2.29. The topological polar surface area (TPSA) is 75.9 Å². The number of aromatic nitrogens is 4. The number of hydrogen-bond acceptors (Lipinski definition) is 6. The first-order valence-electron chi connectivity index (χ1n) is 8.64. The van der Waals surface area contributed by atoms with Crippen LogP contribution < -0.4 is 10.2 Å². The number of rotatable bonds is 4. The summed E-state index contributed by atoms with van der Waals surface area (Å²) in [4.78, 5) is 24.7. The second-order valence-electron chi connectivity index (χ2n) is 6.24. The number of fused-ring (bicyclic) bond motifs is 1. The van der Waals surface area contributed by atoms with Gasteiger partial charge in [-0.25, -0.2) is 9.97 Å². The maximum atomic E-state index is 12.4. The maximum absolute atomic E-state index is 12.4. The number of thiazole rings is 1. The summed E-state index contributed by atoms with van der Waals surface area (Å²) >= 11 is 7.72. The summed E-state index contributed by atoms with van der Waals surface area (Å²) in [6.07, 6.45) is 5.19. The molecule has 3 aromatic heterocycles. The highest BCUT2D eigenvalue weighted by Gasteiger charge is 2.25. The van der Waals surface area contributed by atoms with E-state index in [4.69, 9.17) is 11.6 Å². The number of carbonyl (C=O) groups excluding carboxylic acids is 1. The molecule has 1 fully saturated rings. The third-order valence-corrected chi connectivity index (χ3v) is 5.83. The fourth-order valence-corrected chi connectivity index (χ4v) is 4.27. The molecule has 0 aromatic carbocycles. The third-order valence-electron chi connectivity index (χ3n) is 4.51. The van der Waals surface area contributed by atoms with Crippen molar-refractivity contribution in [1.82, 2.24) is 25.1 Å². The summed E-state index contributed by atoms with van der Waals surface area (Å²) in [7, 11) is 0. The Balaban J connectivity index is 1.37. The van der Waals surface area contributed by atoms with Gasteiger partial charge in [-0.15, -0.1) is 0 Å². The van der Waals surface area contributed by atoms with Crippen molar-refractivity contribution in [3.8, 4) is 0 Å². The number of amides is 1. The highest BCUT2D eigenvalue weighted by atomic mass is 35.5. The number of halogens is 1. The minimum absolute atomic E-state index is 0.120. The van der Waals surface area contributed by atoms with Gasteiger partial charge in [0.05, 0.1) is 5.02 Å². The Kier molecular flexibility index (Phi) is 4.78. The SMILES string of the molecule is CCn1cc(Cl)c(C(=O)NC2CCN(c3nc4cccnc4s3)CC2)n1. The van der Waals surface area contributed by atoms with Gasteiger partial charge in [0.15, 0.2) is 10.8 Å². The molecular formula is C17H19ClN6OS. The lowest BCUT2D eigenvalue weighted by atomic mass is 10.1. The molecule has 1 N–H and O–H groups in total. The summed E-state index contributed by atoms with van der Waals surface area (Å²) in [6, 6.07) is 4.00. The van der Waals surface area contributed by atoms with Gasteiger partial charge < -0.3 is 10.2 Å². The van der Waals surface area contributed by atoms with E-state index in [9.17, 15) is 4.79 Å². The lowest BCUT2D eigenvalue weighted by Crippen LogP contribution is -2.44. The number of aryl methyl sites for hydroxylation is 1. The number of carbonyl (C=O) groups is 1. The normalized spacial score (nSPS) is 15.5. The van der Waals surface area contributed by atoms with Crippen LogP contribution in [0.4, 0.5) is 5.13 Å². The van der Waals surface area contributed by atoms with Crippen molar-refractivity contribution < 1.29 is 4.79 Å². The number of hydrogen-bond donors (Lipinski definition) is 1. The van der Waals surface area contributed by atoms with Gasteiger partial charge in [0.2, 0.25) is 0 Å². The molecule has 0 spiro atoms. The van der Waals surface area contributed by atoms with Gasteiger partial charge >= 0.3 is 0 Å². The first kappa shape index (κ1) is 17.2. The van der Waals surface area contributed by atoms with E-state index in [-0.39, 0.29) is 11.9 Å². The maximum Gasteiger partial charge on any atom is 0.273 e. The zero-order valence-electron chi connectivity index (χ0n) is 14.4. The summed E-state index contributed by atoms with van der Waals surface area (Å²) in [5, 5.41) is 8.67. The Morgan fingerprint density at radius 2 is 2.23 bits per heavy atom. The van der Waals surface area contributed by atoms with E-state index < -0.39 is 0 Å². The summed E-state index contributed by atoms with van der Waals surface area (Å²) in [5.41, 5.74) is 1.23. The Hall–Kier alpha value is -2.19. The minimum Gasteiger partial charge on any atom is -0.348 e. The number of nitrogens with one attached hydrogen (secondary N) is 1. The van der Waals surface area contributed by atoms with Crippen LogP contribution in [0.25, 0.3) is 10.3 Å². The lowest BCUT2D eigenvalue weighted by molar-refractivity contribution is 0.0925. The average Bonchev–Trinajstić information content (AvgIpc) is 3.25. The molecule has 1 aliphatic heterocycles. The highest BCUT2D eigenvalue weighted by molar-refractivity contribution is 7.21. The smallest absolute Gasteiger partial charge is 0.273 e. The molecule has 9 heteroatoms. The third kappa shape index (κ3) is 3.39. The van der Waals surface area contributed by atoms with Crippen molar-refractivity contribution in [2.45, 2.75) is 32.4 Å². The van der Waals surface area contributed by atoms with E-state index in [0.717, 1.165) is 41.4 Å². The Morgan fingerprint density at radius 3 is 2.92 bits per heavy atom. The van der Waals surface area contributed by atoms with Crippen LogP contribution in [0.15, 0.2) is 24.5 Å². The van der Waals surface area contributed by atoms with Gasteiger partial charge in [0, 0.05) is 38.1 Å². The van der Waals surface area contributed by atoms with E-state index in [1.165, 1.54) is 0 Å². The molecule has 0 aliphatic carbocycles. The molecule has 1 aliphatic rings. The van der Waals surface area contributed by atoms with Gasteiger partial charge in [-0.1, -0.05) is 22.9 Å². The molecule has 136 valence electrons. The van der Waals surface area contributed by atoms with Crippen LogP contribution in [-0.4, -0.2) is 44.8 Å². The molecule has 4 heterocycles.